The van der Waals surface area contributed by atoms with Crippen LogP contribution in [0.25, 0.3) is 10.2 Å². The smallest absolute Gasteiger partial charge is 0.335 e. The van der Waals surface area contributed by atoms with E-state index in [0.29, 0.717) is 11.9 Å². The van der Waals surface area contributed by atoms with Gasteiger partial charge in [-0.1, -0.05) is 26.0 Å². The Morgan fingerprint density at radius 2 is 2.04 bits per heavy atom. The molecule has 6 heteroatoms. The quantitative estimate of drug-likeness (QED) is 0.768. The van der Waals surface area contributed by atoms with Gasteiger partial charge in [-0.2, -0.15) is 0 Å². The molecule has 0 amide bonds. The maximum absolute atomic E-state index is 13.1. The van der Waals surface area contributed by atoms with E-state index in [0.717, 1.165) is 26.7 Å². The molecule has 3 aromatic rings. The molecule has 1 N–H and O–H groups in total. The van der Waals surface area contributed by atoms with Gasteiger partial charge >= 0.3 is 5.97 Å². The summed E-state index contributed by atoms with van der Waals surface area (Å²) in [4.78, 5) is 30.9. The first-order valence-corrected chi connectivity index (χ1v) is 8.94. The molecule has 0 bridgehead atoms. The summed E-state index contributed by atoms with van der Waals surface area (Å²) in [5.74, 6) is -0.168. The fourth-order valence-electron chi connectivity index (χ4n) is 2.92. The van der Waals surface area contributed by atoms with Crippen molar-refractivity contribution in [1.29, 1.82) is 0 Å². The van der Waals surface area contributed by atoms with Crippen LogP contribution in [0.1, 0.15) is 52.0 Å². The number of carbonyl (C=O) groups is 1. The second-order valence-corrected chi connectivity index (χ2v) is 7.69. The number of rotatable bonds is 4. The minimum Gasteiger partial charge on any atom is -0.478 e. The Hall–Kier alpha value is -2.47. The third-order valence-corrected chi connectivity index (χ3v) is 5.45. The second kappa shape index (κ2) is 6.44. The highest BCUT2D eigenvalue weighted by Crippen LogP contribution is 2.27. The number of fused-ring (bicyclic) bond motifs is 1. The largest absolute Gasteiger partial charge is 0.478 e. The van der Waals surface area contributed by atoms with Crippen LogP contribution in [-0.2, 0) is 6.54 Å². The molecule has 0 spiro atoms. The first-order chi connectivity index (χ1) is 11.8. The highest BCUT2D eigenvalue weighted by molar-refractivity contribution is 7.18. The number of carboxylic acid groups (broad SMARTS) is 1. The van der Waals surface area contributed by atoms with Crippen molar-refractivity contribution in [3.8, 4) is 0 Å². The van der Waals surface area contributed by atoms with Gasteiger partial charge in [0.15, 0.2) is 0 Å². The molecule has 0 fully saturated rings. The van der Waals surface area contributed by atoms with E-state index in [1.807, 2.05) is 33.8 Å². The van der Waals surface area contributed by atoms with Gasteiger partial charge in [-0.15, -0.1) is 11.3 Å². The van der Waals surface area contributed by atoms with Gasteiger partial charge in [0.2, 0.25) is 0 Å². The van der Waals surface area contributed by atoms with Crippen LogP contribution in [0.5, 0.6) is 0 Å². The van der Waals surface area contributed by atoms with E-state index < -0.39 is 5.97 Å². The molecule has 130 valence electrons. The molecule has 0 unspecified atom stereocenters. The number of hydrogen-bond donors (Lipinski definition) is 1. The SMILES string of the molecule is Cc1sc2nc(C(C)C)n(Cc3cccc(C(=O)O)c3)c(=O)c2c1C. The zero-order chi connectivity index (χ0) is 18.3. The van der Waals surface area contributed by atoms with E-state index in [-0.39, 0.29) is 17.0 Å². The van der Waals surface area contributed by atoms with Gasteiger partial charge in [0, 0.05) is 10.8 Å². The zero-order valence-corrected chi connectivity index (χ0v) is 15.5. The van der Waals surface area contributed by atoms with Crippen molar-refractivity contribution < 1.29 is 9.90 Å². The summed E-state index contributed by atoms with van der Waals surface area (Å²) in [6.07, 6.45) is 0. The Balaban J connectivity index is 2.20. The maximum Gasteiger partial charge on any atom is 0.335 e. The molecule has 0 aliphatic heterocycles. The monoisotopic (exact) mass is 356 g/mol. The van der Waals surface area contributed by atoms with Crippen LogP contribution in [-0.4, -0.2) is 20.6 Å². The Labute approximate surface area is 149 Å². The molecule has 0 aliphatic carbocycles. The zero-order valence-electron chi connectivity index (χ0n) is 14.7. The van der Waals surface area contributed by atoms with Gasteiger partial charge in [0.1, 0.15) is 10.7 Å². The van der Waals surface area contributed by atoms with Gasteiger partial charge in [0.25, 0.3) is 5.56 Å². The van der Waals surface area contributed by atoms with Crippen LogP contribution in [0.15, 0.2) is 29.1 Å². The van der Waals surface area contributed by atoms with Crippen molar-refractivity contribution in [1.82, 2.24) is 9.55 Å². The van der Waals surface area contributed by atoms with Crippen LogP contribution < -0.4 is 5.56 Å². The normalized spacial score (nSPS) is 11.4. The molecule has 25 heavy (non-hydrogen) atoms. The third kappa shape index (κ3) is 3.09. The summed E-state index contributed by atoms with van der Waals surface area (Å²) in [5.41, 5.74) is 1.90. The van der Waals surface area contributed by atoms with E-state index in [2.05, 4.69) is 0 Å². The summed E-state index contributed by atoms with van der Waals surface area (Å²) in [5, 5.41) is 9.84. The van der Waals surface area contributed by atoms with Crippen LogP contribution in [0.3, 0.4) is 0 Å². The number of hydrogen-bond acceptors (Lipinski definition) is 4. The Morgan fingerprint density at radius 1 is 1.32 bits per heavy atom. The average Bonchev–Trinajstić information content (AvgIpc) is 2.84. The number of nitrogens with zero attached hydrogens (tertiary/aromatic N) is 2. The highest BCUT2D eigenvalue weighted by Gasteiger charge is 2.18. The number of carboxylic acids is 1. The van der Waals surface area contributed by atoms with Crippen LogP contribution in [0.4, 0.5) is 0 Å². The van der Waals surface area contributed by atoms with Gasteiger partial charge in [-0.3, -0.25) is 9.36 Å². The Morgan fingerprint density at radius 3 is 2.68 bits per heavy atom. The van der Waals surface area contributed by atoms with Crippen molar-refractivity contribution in [3.63, 3.8) is 0 Å². The Bertz CT molecular complexity index is 1030. The first kappa shape index (κ1) is 17.4. The molecule has 0 radical (unpaired) electrons. The molecule has 3 rings (SSSR count). The molecular weight excluding hydrogens is 336 g/mol. The summed E-state index contributed by atoms with van der Waals surface area (Å²) >= 11 is 1.54. The first-order valence-electron chi connectivity index (χ1n) is 8.12. The van der Waals surface area contributed by atoms with Gasteiger partial charge in [-0.05, 0) is 37.1 Å². The fourth-order valence-corrected chi connectivity index (χ4v) is 3.95. The van der Waals surface area contributed by atoms with Crippen molar-refractivity contribution in [2.45, 2.75) is 40.2 Å². The van der Waals surface area contributed by atoms with E-state index in [1.54, 1.807) is 34.1 Å². The van der Waals surface area contributed by atoms with E-state index in [1.165, 1.54) is 0 Å². The lowest BCUT2D eigenvalue weighted by molar-refractivity contribution is 0.0696. The standard InChI is InChI=1S/C19H20N2O3S/c1-10(2)16-20-17-15(11(3)12(4)25-17)18(22)21(16)9-13-6-5-7-14(8-13)19(23)24/h5-8,10H,9H2,1-4H3,(H,23,24). The molecule has 2 heterocycles. The third-order valence-electron chi connectivity index (χ3n) is 4.35. The van der Waals surface area contributed by atoms with Crippen molar-refractivity contribution in [2.24, 2.45) is 0 Å². The molecule has 0 aliphatic rings. The van der Waals surface area contributed by atoms with Gasteiger partial charge in [0.05, 0.1) is 17.5 Å². The number of aromatic carboxylic acids is 1. The summed E-state index contributed by atoms with van der Waals surface area (Å²) in [7, 11) is 0. The van der Waals surface area contributed by atoms with Gasteiger partial charge in [-0.25, -0.2) is 9.78 Å². The summed E-state index contributed by atoms with van der Waals surface area (Å²) in [6, 6.07) is 6.68. The van der Waals surface area contributed by atoms with Crippen LogP contribution in [0, 0.1) is 13.8 Å². The van der Waals surface area contributed by atoms with Crippen LogP contribution in [0.2, 0.25) is 0 Å². The van der Waals surface area contributed by atoms with Crippen molar-refractivity contribution in [2.75, 3.05) is 0 Å². The number of benzene rings is 1. The van der Waals surface area contributed by atoms with Crippen molar-refractivity contribution >= 4 is 27.5 Å². The van der Waals surface area contributed by atoms with Crippen LogP contribution >= 0.6 is 11.3 Å². The molecule has 0 saturated heterocycles. The molecular formula is C19H20N2O3S. The summed E-state index contributed by atoms with van der Waals surface area (Å²) in [6.45, 7) is 8.26. The average molecular weight is 356 g/mol. The molecule has 1 aromatic carbocycles. The lowest BCUT2D eigenvalue weighted by Gasteiger charge is -2.15. The Kier molecular flexibility index (Phi) is 4.47. The second-order valence-electron chi connectivity index (χ2n) is 6.48. The number of aromatic nitrogens is 2. The summed E-state index contributed by atoms with van der Waals surface area (Å²) < 4.78 is 1.67. The van der Waals surface area contributed by atoms with E-state index in [4.69, 9.17) is 4.98 Å². The molecule has 0 saturated carbocycles. The van der Waals surface area contributed by atoms with E-state index >= 15 is 0 Å². The minimum atomic E-state index is -0.976. The van der Waals surface area contributed by atoms with E-state index in [9.17, 15) is 14.7 Å². The number of aryl methyl sites for hydroxylation is 2. The lowest BCUT2D eigenvalue weighted by Crippen LogP contribution is -2.26. The highest BCUT2D eigenvalue weighted by atomic mass is 32.1. The molecule has 0 atom stereocenters. The van der Waals surface area contributed by atoms with Gasteiger partial charge < -0.3 is 5.11 Å². The topological polar surface area (TPSA) is 72.2 Å². The predicted octanol–water partition coefficient (Wildman–Crippen LogP) is 3.94. The lowest BCUT2D eigenvalue weighted by atomic mass is 10.1. The number of thiophene rings is 1. The maximum atomic E-state index is 13.1. The minimum absolute atomic E-state index is 0.0590. The predicted molar refractivity (Wildman–Crippen MR) is 99.9 cm³/mol. The molecule has 2 aromatic heterocycles. The van der Waals surface area contributed by atoms with Crippen molar-refractivity contribution in [3.05, 3.63) is 62.0 Å². The molecule has 5 nitrogen and oxygen atoms in total. The fraction of sp³-hybridized carbons (Fsp3) is 0.316.